The summed E-state index contributed by atoms with van der Waals surface area (Å²) >= 11 is 1.62. The van der Waals surface area contributed by atoms with Crippen LogP contribution in [0.2, 0.25) is 3.43 Å². The molecule has 45 valence electrons. The third-order valence-electron chi connectivity index (χ3n) is 0. The van der Waals surface area contributed by atoms with E-state index in [4.69, 9.17) is 0 Å². The molecule has 0 bridgehead atoms. The van der Waals surface area contributed by atoms with Crippen LogP contribution in [0.5, 0.6) is 0 Å². The molecule has 3 heteroatoms. The third-order valence-corrected chi connectivity index (χ3v) is 0. The normalized spacial score (nSPS) is 8.57. The Bertz CT molecular complexity index is 25.2. The van der Waals surface area contributed by atoms with Crippen LogP contribution in [0.3, 0.4) is 0 Å². The second kappa shape index (κ2) is 5.51. The van der Waals surface area contributed by atoms with Crippen LogP contribution in [0.15, 0.2) is 0 Å². The van der Waals surface area contributed by atoms with Gasteiger partial charge in [-0.2, -0.15) is 0 Å². The van der Waals surface area contributed by atoms with Crippen molar-refractivity contribution in [2.45, 2.75) is 24.2 Å². The fraction of sp³-hybridized carbons (Fsp3) is 1.00. The Morgan fingerprint density at radius 1 is 1.00 bits per heavy atom. The Hall–Kier alpha value is 1.38. The van der Waals surface area contributed by atoms with Gasteiger partial charge in [0.2, 0.25) is 0 Å². The molecule has 7 heavy (non-hydrogen) atoms. The van der Waals surface area contributed by atoms with Crippen LogP contribution < -0.4 is 0 Å². The van der Waals surface area contributed by atoms with Crippen LogP contribution in [0.1, 0.15) is 20.8 Å². The molecule has 0 nitrogen and oxygen atoms in total. The summed E-state index contributed by atoms with van der Waals surface area (Å²) in [5.41, 5.74) is 0. The van der Waals surface area contributed by atoms with Gasteiger partial charge in [-0.3, -0.25) is 0 Å². The first-order valence-corrected chi connectivity index (χ1v) is 3.18. The van der Waals surface area contributed by atoms with E-state index in [0.717, 1.165) is 0 Å². The molecule has 0 N–H and O–H groups in total. The molecule has 0 atom stereocenters. The van der Waals surface area contributed by atoms with Crippen molar-refractivity contribution < 1.29 is 0 Å². The van der Waals surface area contributed by atoms with Crippen LogP contribution in [0, 0.1) is 0 Å². The second-order valence-corrected chi connectivity index (χ2v) is 6.53. The summed E-state index contributed by atoms with van der Waals surface area (Å²) in [6.45, 7) is 6.68. The topological polar surface area (TPSA) is 0 Å². The van der Waals surface area contributed by atoms with Crippen LogP contribution >= 0.6 is 24.8 Å². The zero-order valence-electron chi connectivity index (χ0n) is 4.82. The molecule has 0 unspecified atom stereocenters. The fourth-order valence-electron chi connectivity index (χ4n) is 0. The molecule has 0 aromatic carbocycles. The van der Waals surface area contributed by atoms with Crippen molar-refractivity contribution >= 4 is 47.3 Å². The molecule has 0 fully saturated rings. The van der Waals surface area contributed by atoms with Crippen LogP contribution in [0.4, 0.5) is 0 Å². The van der Waals surface area contributed by atoms with Gasteiger partial charge in [-0.15, -0.1) is 24.8 Å². The summed E-state index contributed by atoms with van der Waals surface area (Å²) in [5.74, 6) is 0. The third kappa shape index (κ3) is 112. The van der Waals surface area contributed by atoms with E-state index in [1.807, 2.05) is 0 Å². The molecule has 0 aromatic heterocycles. The minimum absolute atomic E-state index is 0. The van der Waals surface area contributed by atoms with Gasteiger partial charge in [0.1, 0.15) is 0 Å². The summed E-state index contributed by atoms with van der Waals surface area (Å²) in [7, 11) is 0. The van der Waals surface area contributed by atoms with Gasteiger partial charge < -0.3 is 0 Å². The monoisotopic (exact) mass is 249 g/mol. The zero-order chi connectivity index (χ0) is 4.50. The number of hydrogen-bond donors (Lipinski definition) is 0. The van der Waals surface area contributed by atoms with Gasteiger partial charge in [-0.25, -0.2) is 0 Å². The van der Waals surface area contributed by atoms with Gasteiger partial charge in [0.05, 0.1) is 0 Å². The fourth-order valence-corrected chi connectivity index (χ4v) is 0. The molecule has 0 aliphatic carbocycles. The Kier molecular flexibility index (Phi) is 12.4. The van der Waals surface area contributed by atoms with Crippen molar-refractivity contribution in [1.29, 1.82) is 0 Å². The molecule has 0 aliphatic rings. The van der Waals surface area contributed by atoms with Gasteiger partial charge in [0.15, 0.2) is 0 Å². The molecule has 0 aliphatic heterocycles. The summed E-state index contributed by atoms with van der Waals surface area (Å²) in [5, 5.41) is 0. The average Bonchev–Trinajstić information content (AvgIpc) is 0.722. The van der Waals surface area contributed by atoms with Crippen molar-refractivity contribution in [3.63, 3.8) is 0 Å². The van der Waals surface area contributed by atoms with Crippen molar-refractivity contribution in [1.82, 2.24) is 0 Å². The van der Waals surface area contributed by atoms with E-state index in [1.165, 1.54) is 0 Å². The van der Waals surface area contributed by atoms with Crippen LogP contribution in [0.25, 0.3) is 0 Å². The number of hydrogen-bond acceptors (Lipinski definition) is 0. The van der Waals surface area contributed by atoms with E-state index in [-0.39, 0.29) is 24.8 Å². The average molecular weight is 249 g/mol. The number of rotatable bonds is 0. The Morgan fingerprint density at radius 3 is 1.00 bits per heavy atom. The van der Waals surface area contributed by atoms with E-state index >= 15 is 0 Å². The molecular formula is C4H11Cl2Sn. The van der Waals surface area contributed by atoms with Crippen molar-refractivity contribution in [3.05, 3.63) is 0 Å². The zero-order valence-corrected chi connectivity index (χ0v) is 9.30. The summed E-state index contributed by atoms with van der Waals surface area (Å²) in [4.78, 5) is 0. The predicted octanol–water partition coefficient (Wildman–Crippen LogP) is 2.22. The molecule has 0 saturated carbocycles. The SMILES string of the molecule is C[C](C)(C)[Sn].Cl.Cl. The Labute approximate surface area is 71.3 Å². The quantitative estimate of drug-likeness (QED) is 0.577. The first-order chi connectivity index (χ1) is 2.00. The van der Waals surface area contributed by atoms with E-state index in [1.54, 1.807) is 22.5 Å². The maximum absolute atomic E-state index is 2.23. The minimum atomic E-state index is 0. The van der Waals surface area contributed by atoms with Gasteiger partial charge >= 0.3 is 46.7 Å². The van der Waals surface area contributed by atoms with Crippen molar-refractivity contribution in [2.75, 3.05) is 0 Å². The summed E-state index contributed by atoms with van der Waals surface area (Å²) in [6, 6.07) is 0. The van der Waals surface area contributed by atoms with Crippen LogP contribution in [-0.2, 0) is 0 Å². The standard InChI is InChI=1S/C4H9.2ClH.Sn/c1-4(2)3;;;/h1-3H3;2*1H;. The van der Waals surface area contributed by atoms with Crippen LogP contribution in [-0.4, -0.2) is 22.5 Å². The maximum atomic E-state index is 2.23. The molecule has 0 rings (SSSR count). The number of halogens is 2. The van der Waals surface area contributed by atoms with Crippen molar-refractivity contribution in [3.8, 4) is 0 Å². The van der Waals surface area contributed by atoms with Gasteiger partial charge in [-0.05, 0) is 0 Å². The molecule has 0 spiro atoms. The van der Waals surface area contributed by atoms with E-state index in [0.29, 0.717) is 3.43 Å². The summed E-state index contributed by atoms with van der Waals surface area (Å²) in [6.07, 6.45) is 0. The van der Waals surface area contributed by atoms with E-state index in [2.05, 4.69) is 20.8 Å². The molecule has 0 aromatic rings. The summed E-state index contributed by atoms with van der Waals surface area (Å²) < 4.78 is 0.590. The van der Waals surface area contributed by atoms with Gasteiger partial charge in [0, 0.05) is 0 Å². The largest absolute Gasteiger partial charge is 0.147 e. The molecule has 0 heterocycles. The second-order valence-electron chi connectivity index (χ2n) is 2.25. The minimum Gasteiger partial charge on any atom is -0.147 e. The predicted molar refractivity (Wildman–Crippen MR) is 40.0 cm³/mol. The van der Waals surface area contributed by atoms with E-state index in [9.17, 15) is 0 Å². The molecule has 3 radical (unpaired) electrons. The van der Waals surface area contributed by atoms with E-state index < -0.39 is 0 Å². The first kappa shape index (κ1) is 15.8. The Morgan fingerprint density at radius 2 is 1.00 bits per heavy atom. The molecule has 0 amide bonds. The Balaban J connectivity index is -0.0000000800. The molecular weight excluding hydrogens is 238 g/mol. The van der Waals surface area contributed by atoms with Crippen molar-refractivity contribution in [2.24, 2.45) is 0 Å². The molecule has 0 saturated heterocycles. The van der Waals surface area contributed by atoms with Gasteiger partial charge in [0.25, 0.3) is 0 Å². The maximum Gasteiger partial charge on any atom is -0.147 e. The first-order valence-electron chi connectivity index (χ1n) is 1.75. The van der Waals surface area contributed by atoms with Gasteiger partial charge in [-0.1, -0.05) is 0 Å². The smallest absolute Gasteiger partial charge is 0.147 e.